The van der Waals surface area contributed by atoms with Crippen molar-refractivity contribution in [3.63, 3.8) is 0 Å². The molecule has 0 aliphatic heterocycles. The van der Waals surface area contributed by atoms with Gasteiger partial charge in [0.05, 0.1) is 16.1 Å². The molecule has 5 nitrogen and oxygen atoms in total. The lowest BCUT2D eigenvalue weighted by molar-refractivity contribution is 0.0635. The van der Waals surface area contributed by atoms with E-state index in [0.717, 1.165) is 11.3 Å². The second-order valence-corrected chi connectivity index (χ2v) is 7.06. The Labute approximate surface area is 137 Å². The van der Waals surface area contributed by atoms with Crippen molar-refractivity contribution < 1.29 is 19.1 Å². The lowest BCUT2D eigenvalue weighted by atomic mass is 9.88. The summed E-state index contributed by atoms with van der Waals surface area (Å²) in [5, 5.41) is 4.16. The molecule has 3 rings (SSSR count). The predicted octanol–water partition coefficient (Wildman–Crippen LogP) is 3.87. The number of rotatable bonds is 1. The van der Waals surface area contributed by atoms with Crippen molar-refractivity contribution in [2.24, 2.45) is 0 Å². The van der Waals surface area contributed by atoms with E-state index in [2.05, 4.69) is 5.32 Å². The van der Waals surface area contributed by atoms with Gasteiger partial charge in [0.25, 0.3) is 0 Å². The molecular formula is C17H15NO4S. The topological polar surface area (TPSA) is 72.5 Å². The number of benzene rings is 1. The molecule has 1 aliphatic rings. The minimum absolute atomic E-state index is 0.197. The van der Waals surface area contributed by atoms with Crippen molar-refractivity contribution in [1.82, 2.24) is 0 Å². The Kier molecular flexibility index (Phi) is 3.56. The van der Waals surface area contributed by atoms with Crippen molar-refractivity contribution >= 4 is 34.7 Å². The number of carbonyl (C=O) groups is 3. The highest BCUT2D eigenvalue weighted by atomic mass is 32.1. The molecule has 0 radical (unpaired) electrons. The van der Waals surface area contributed by atoms with Crippen LogP contribution < -0.4 is 5.32 Å². The van der Waals surface area contributed by atoms with Crippen molar-refractivity contribution in [1.29, 1.82) is 0 Å². The first-order valence-electron chi connectivity index (χ1n) is 7.08. The summed E-state index contributed by atoms with van der Waals surface area (Å²) in [4.78, 5) is 37.4. The number of ether oxygens (including phenoxy) is 1. The molecular weight excluding hydrogens is 314 g/mol. The number of amides is 1. The van der Waals surface area contributed by atoms with Gasteiger partial charge in [-0.05, 0) is 20.8 Å². The molecule has 0 unspecified atom stereocenters. The Balaban J connectivity index is 1.97. The Morgan fingerprint density at radius 3 is 2.30 bits per heavy atom. The second kappa shape index (κ2) is 5.31. The SMILES string of the molecule is CC(C)(C)OC(=O)Nc1csc2c1C(=O)c1ccccc1C2=O. The van der Waals surface area contributed by atoms with Crippen LogP contribution in [-0.2, 0) is 4.74 Å². The quantitative estimate of drug-likeness (QED) is 0.735. The van der Waals surface area contributed by atoms with Crippen LogP contribution in [0.4, 0.5) is 10.5 Å². The van der Waals surface area contributed by atoms with Crippen LogP contribution in [0, 0.1) is 0 Å². The molecule has 0 saturated carbocycles. The minimum Gasteiger partial charge on any atom is -0.444 e. The van der Waals surface area contributed by atoms with Crippen LogP contribution in [-0.4, -0.2) is 23.3 Å². The van der Waals surface area contributed by atoms with E-state index < -0.39 is 11.7 Å². The fraction of sp³-hybridized carbons (Fsp3) is 0.235. The molecule has 2 aromatic rings. The van der Waals surface area contributed by atoms with Crippen molar-refractivity contribution in [3.8, 4) is 0 Å². The first-order valence-corrected chi connectivity index (χ1v) is 7.96. The first-order chi connectivity index (χ1) is 10.8. The number of thiophene rings is 1. The van der Waals surface area contributed by atoms with Gasteiger partial charge >= 0.3 is 6.09 Å². The molecule has 118 valence electrons. The van der Waals surface area contributed by atoms with Crippen LogP contribution in [0.5, 0.6) is 0 Å². The molecule has 6 heteroatoms. The molecule has 0 bridgehead atoms. The van der Waals surface area contributed by atoms with E-state index in [-0.39, 0.29) is 17.1 Å². The Bertz CT molecular complexity index is 829. The molecule has 0 fully saturated rings. The van der Waals surface area contributed by atoms with Gasteiger partial charge in [-0.15, -0.1) is 11.3 Å². The highest BCUT2D eigenvalue weighted by Gasteiger charge is 2.34. The lowest BCUT2D eigenvalue weighted by Gasteiger charge is -2.20. The fourth-order valence-corrected chi connectivity index (χ4v) is 3.34. The van der Waals surface area contributed by atoms with Gasteiger partial charge in [0.1, 0.15) is 5.60 Å². The van der Waals surface area contributed by atoms with Crippen LogP contribution in [0.2, 0.25) is 0 Å². The monoisotopic (exact) mass is 329 g/mol. The maximum Gasteiger partial charge on any atom is 0.412 e. The third-order valence-electron chi connectivity index (χ3n) is 3.28. The Morgan fingerprint density at radius 1 is 1.09 bits per heavy atom. The van der Waals surface area contributed by atoms with Crippen LogP contribution in [0.1, 0.15) is 51.9 Å². The summed E-state index contributed by atoms with van der Waals surface area (Å²) in [6, 6.07) is 6.69. The number of ketones is 2. The molecule has 1 aromatic heterocycles. The van der Waals surface area contributed by atoms with Gasteiger partial charge in [0.15, 0.2) is 5.78 Å². The molecule has 1 heterocycles. The largest absolute Gasteiger partial charge is 0.444 e. The highest BCUT2D eigenvalue weighted by Crippen LogP contribution is 2.36. The van der Waals surface area contributed by atoms with Gasteiger partial charge in [-0.1, -0.05) is 24.3 Å². The lowest BCUT2D eigenvalue weighted by Crippen LogP contribution is -2.28. The molecule has 0 saturated heterocycles. The average molecular weight is 329 g/mol. The van der Waals surface area contributed by atoms with E-state index >= 15 is 0 Å². The van der Waals surface area contributed by atoms with Gasteiger partial charge in [-0.25, -0.2) is 4.79 Å². The third kappa shape index (κ3) is 2.77. The predicted molar refractivity (Wildman–Crippen MR) is 87.5 cm³/mol. The van der Waals surface area contributed by atoms with Crippen LogP contribution in [0.15, 0.2) is 29.6 Å². The van der Waals surface area contributed by atoms with Crippen LogP contribution in [0.25, 0.3) is 0 Å². The third-order valence-corrected chi connectivity index (χ3v) is 4.26. The molecule has 1 N–H and O–H groups in total. The summed E-state index contributed by atoms with van der Waals surface area (Å²) in [6.45, 7) is 5.25. The summed E-state index contributed by atoms with van der Waals surface area (Å²) in [6.07, 6.45) is -0.655. The zero-order chi connectivity index (χ0) is 16.8. The van der Waals surface area contributed by atoms with E-state index in [1.54, 1.807) is 50.4 Å². The van der Waals surface area contributed by atoms with Gasteiger partial charge in [0.2, 0.25) is 5.78 Å². The Hall–Kier alpha value is -2.47. The maximum atomic E-state index is 12.7. The first kappa shape index (κ1) is 15.4. The molecule has 1 aliphatic carbocycles. The number of fused-ring (bicyclic) bond motifs is 2. The van der Waals surface area contributed by atoms with Crippen molar-refractivity contribution in [2.75, 3.05) is 5.32 Å². The zero-order valence-electron chi connectivity index (χ0n) is 12.9. The van der Waals surface area contributed by atoms with E-state index in [0.29, 0.717) is 21.7 Å². The molecule has 23 heavy (non-hydrogen) atoms. The van der Waals surface area contributed by atoms with Gasteiger partial charge < -0.3 is 4.74 Å². The summed E-state index contributed by atoms with van der Waals surface area (Å²) in [5.41, 5.74) is 0.662. The molecule has 0 atom stereocenters. The fourth-order valence-electron chi connectivity index (χ4n) is 2.39. The van der Waals surface area contributed by atoms with Crippen molar-refractivity contribution in [2.45, 2.75) is 26.4 Å². The number of hydrogen-bond acceptors (Lipinski definition) is 5. The molecule has 1 aromatic carbocycles. The van der Waals surface area contributed by atoms with E-state index in [1.807, 2.05) is 0 Å². The summed E-state index contributed by atoms with van der Waals surface area (Å²) >= 11 is 1.15. The van der Waals surface area contributed by atoms with E-state index in [9.17, 15) is 14.4 Å². The Morgan fingerprint density at radius 2 is 1.70 bits per heavy atom. The highest BCUT2D eigenvalue weighted by molar-refractivity contribution is 7.13. The van der Waals surface area contributed by atoms with Crippen LogP contribution >= 0.6 is 11.3 Å². The zero-order valence-corrected chi connectivity index (χ0v) is 13.7. The number of nitrogens with one attached hydrogen (secondary N) is 1. The van der Waals surface area contributed by atoms with Gasteiger partial charge in [-0.3, -0.25) is 14.9 Å². The number of anilines is 1. The smallest absolute Gasteiger partial charge is 0.412 e. The van der Waals surface area contributed by atoms with E-state index in [4.69, 9.17) is 4.74 Å². The van der Waals surface area contributed by atoms with Crippen LogP contribution in [0.3, 0.4) is 0 Å². The maximum absolute atomic E-state index is 12.7. The number of carbonyl (C=O) groups excluding carboxylic acids is 3. The van der Waals surface area contributed by atoms with Crippen molar-refractivity contribution in [3.05, 3.63) is 51.2 Å². The molecule has 0 spiro atoms. The normalized spacial score (nSPS) is 13.3. The minimum atomic E-state index is -0.655. The van der Waals surface area contributed by atoms with Gasteiger partial charge in [-0.2, -0.15) is 0 Å². The standard InChI is InChI=1S/C17H15NO4S/c1-17(2,3)22-16(21)18-11-8-23-15-12(11)13(19)9-6-4-5-7-10(9)14(15)20/h4-8H,1-3H3,(H,18,21). The summed E-state index contributed by atoms with van der Waals surface area (Å²) < 4.78 is 5.19. The second-order valence-electron chi connectivity index (χ2n) is 6.18. The summed E-state index contributed by atoms with van der Waals surface area (Å²) in [5.74, 6) is -0.458. The van der Waals surface area contributed by atoms with Gasteiger partial charge in [0, 0.05) is 16.5 Å². The average Bonchev–Trinajstić information content (AvgIpc) is 2.87. The number of hydrogen-bond donors (Lipinski definition) is 1. The molecule has 1 amide bonds. The summed E-state index contributed by atoms with van der Waals surface area (Å²) in [7, 11) is 0. The van der Waals surface area contributed by atoms with E-state index in [1.165, 1.54) is 0 Å².